The van der Waals surface area contributed by atoms with E-state index in [1.807, 2.05) is 0 Å². The second kappa shape index (κ2) is 16.1. The molecule has 5 heterocycles. The Morgan fingerprint density at radius 1 is 0.514 bits per heavy atom. The maximum absolute atomic E-state index is 7.46. The summed E-state index contributed by atoms with van der Waals surface area (Å²) in [6, 6.07) is 41.1. The van der Waals surface area contributed by atoms with Gasteiger partial charge in [0.25, 0.3) is 6.71 Å². The minimum Gasteiger partial charge on any atom is -0.440 e. The van der Waals surface area contributed by atoms with Gasteiger partial charge in [-0.15, -0.1) is 0 Å². The predicted octanol–water partition coefficient (Wildman–Crippen LogP) is 16.5. The second-order valence-corrected chi connectivity index (χ2v) is 31.1. The summed E-state index contributed by atoms with van der Waals surface area (Å²) in [6.07, 6.45) is 6.02. The molecule has 11 rings (SSSR count). The summed E-state index contributed by atoms with van der Waals surface area (Å²) < 4.78 is 7.46. The largest absolute Gasteiger partial charge is 0.440 e. The van der Waals surface area contributed by atoms with Crippen LogP contribution in [0.5, 0.6) is 0 Å². The summed E-state index contributed by atoms with van der Waals surface area (Å²) in [5.74, 6) is 0.922. The van der Waals surface area contributed by atoms with Crippen LogP contribution < -0.4 is 31.1 Å². The van der Waals surface area contributed by atoms with E-state index in [-0.39, 0.29) is 44.4 Å². The quantitative estimate of drug-likeness (QED) is 0.165. The lowest BCUT2D eigenvalue weighted by Crippen LogP contribution is -2.62. The fourth-order valence-corrected chi connectivity index (χ4v) is 15.1. The van der Waals surface area contributed by atoms with Gasteiger partial charge in [0, 0.05) is 64.6 Å². The van der Waals surface area contributed by atoms with Crippen LogP contribution in [0.1, 0.15) is 171 Å². The van der Waals surface area contributed by atoms with E-state index in [9.17, 15) is 0 Å². The molecule has 3 aliphatic heterocycles. The molecule has 2 aromatic heterocycles. The molecule has 0 spiro atoms. The third-order valence-corrected chi connectivity index (χ3v) is 20.8. The number of hydrogen-bond acceptors (Lipinski definition) is 4. The van der Waals surface area contributed by atoms with Crippen LogP contribution in [0.15, 0.2) is 119 Å². The van der Waals surface area contributed by atoms with Crippen LogP contribution in [-0.4, -0.2) is 20.6 Å². The molecule has 0 saturated heterocycles. The van der Waals surface area contributed by atoms with E-state index in [1.165, 1.54) is 97.4 Å². The van der Waals surface area contributed by atoms with Gasteiger partial charge in [0.1, 0.15) is 5.58 Å². The lowest BCUT2D eigenvalue weighted by Gasteiger charge is -2.60. The van der Waals surface area contributed by atoms with Gasteiger partial charge < -0.3 is 14.2 Å². The van der Waals surface area contributed by atoms with Crippen LogP contribution in [-0.2, 0) is 33.1 Å². The molecule has 2 unspecified atom stereocenters. The summed E-state index contributed by atoms with van der Waals surface area (Å²) in [7, 11) is -0.886. The first-order valence-corrected chi connectivity index (χ1v) is 28.9. The Morgan fingerprint density at radius 2 is 1.04 bits per heavy atom. The highest BCUT2D eigenvalue weighted by molar-refractivity contribution is 7.01. The molecule has 4 nitrogen and oxygen atoms in total. The van der Waals surface area contributed by atoms with Gasteiger partial charge in [-0.05, 0) is 158 Å². The lowest BCUT2D eigenvalue weighted by atomic mass is 9.33. The minimum absolute atomic E-state index is 0.0103. The number of anilines is 8. The fourth-order valence-electron chi connectivity index (χ4n) is 13.1. The summed E-state index contributed by atoms with van der Waals surface area (Å²) >= 11 is 0. The molecular formula is C66H80BN3OSi. The highest BCUT2D eigenvalue weighted by Crippen LogP contribution is 2.59. The zero-order chi connectivity index (χ0) is 51.5. The number of hydrogen-bond donors (Lipinski definition) is 0. The van der Waals surface area contributed by atoms with Crippen molar-refractivity contribution in [2.45, 2.75) is 182 Å². The Labute approximate surface area is 434 Å². The van der Waals surface area contributed by atoms with Gasteiger partial charge in [0.15, 0.2) is 0 Å². The standard InChI is InChI=1S/C66H80BN3OSi/c1-60(2,3)43-20-26-47(27-21-43)68-53-30-24-46(63(10,11)12)37-51(53)67-57-50-36-45(62(7,8)9)25-31-56(50)71-59(57)69(48-28-22-44(23-29-48)61(4,5)6)55-39-49(38-54(68)58(55)67)70-52-32-35-72(64(13,14)15)41-42(52)40-65(16)33-18-19-34-66(65,70)17/h20-32,35-39,41H,18-19,33-34,40H2,1-17H3. The SMILES string of the molecule is CC(C)(C)c1ccc(N2c3ccc(C(C)(C)C)cc3B3c4c2cc(N2c5cc[si](C(C)(C)C)cc5CC5(C)CCCCC25C)cc4N(c2ccc(C(C)(C)C)cc2)c2oc4ccc(C(C)(C)C)cc4c23)cc1. The summed E-state index contributed by atoms with van der Waals surface area (Å²) in [5.41, 5.74) is 25.6. The predicted molar refractivity (Wildman–Crippen MR) is 313 cm³/mol. The molecule has 4 aliphatic rings. The molecular weight excluding hydrogens is 890 g/mol. The van der Waals surface area contributed by atoms with Gasteiger partial charge in [-0.1, -0.05) is 177 Å². The van der Waals surface area contributed by atoms with E-state index < -0.39 is 8.40 Å². The summed E-state index contributed by atoms with van der Waals surface area (Å²) in [5, 5.41) is 1.43. The Hall–Kier alpha value is -5.33. The van der Waals surface area contributed by atoms with Gasteiger partial charge in [0.2, 0.25) is 5.88 Å². The average molecular weight is 970 g/mol. The van der Waals surface area contributed by atoms with E-state index in [0.29, 0.717) is 0 Å². The van der Waals surface area contributed by atoms with Crippen molar-refractivity contribution < 1.29 is 4.42 Å². The van der Waals surface area contributed by atoms with Crippen molar-refractivity contribution in [1.29, 1.82) is 0 Å². The highest BCUT2D eigenvalue weighted by Gasteiger charge is 2.55. The third kappa shape index (κ3) is 7.69. The van der Waals surface area contributed by atoms with Crippen molar-refractivity contribution in [3.8, 4) is 0 Å². The average Bonchev–Trinajstić information content (AvgIpc) is 3.67. The molecule has 5 aromatic carbocycles. The number of nitrogens with zero attached hydrogens (tertiary/aromatic N) is 3. The molecule has 1 fully saturated rings. The van der Waals surface area contributed by atoms with Crippen molar-refractivity contribution in [2.24, 2.45) is 5.41 Å². The van der Waals surface area contributed by atoms with Crippen LogP contribution in [0.4, 0.5) is 45.7 Å². The third-order valence-electron chi connectivity index (χ3n) is 17.8. The number of fused-ring (bicyclic) bond motifs is 8. The van der Waals surface area contributed by atoms with Crippen molar-refractivity contribution in [3.05, 3.63) is 142 Å². The van der Waals surface area contributed by atoms with E-state index in [2.05, 4.69) is 247 Å². The number of rotatable bonds is 3. The van der Waals surface area contributed by atoms with E-state index in [0.717, 1.165) is 30.0 Å². The molecule has 72 heavy (non-hydrogen) atoms. The molecule has 0 bridgehead atoms. The van der Waals surface area contributed by atoms with Gasteiger partial charge in [-0.2, -0.15) is 0 Å². The minimum atomic E-state index is -0.886. The summed E-state index contributed by atoms with van der Waals surface area (Å²) in [4.78, 5) is 8.00. The van der Waals surface area contributed by atoms with Gasteiger partial charge in [-0.3, -0.25) is 4.90 Å². The second-order valence-electron chi connectivity index (χ2n) is 28.0. The smallest absolute Gasteiger partial charge is 0.257 e. The molecule has 2 atom stereocenters. The number of furan rings is 1. The maximum atomic E-state index is 7.46. The van der Waals surface area contributed by atoms with Crippen LogP contribution in [0.25, 0.3) is 11.0 Å². The van der Waals surface area contributed by atoms with E-state index in [4.69, 9.17) is 4.42 Å². The van der Waals surface area contributed by atoms with Gasteiger partial charge in [-0.25, -0.2) is 0 Å². The molecule has 7 aromatic rings. The molecule has 0 radical (unpaired) electrons. The Kier molecular flexibility index (Phi) is 10.9. The maximum Gasteiger partial charge on any atom is 0.257 e. The normalized spacial score (nSPS) is 20.0. The lowest BCUT2D eigenvalue weighted by molar-refractivity contribution is 0.0864. The first-order chi connectivity index (χ1) is 33.6. The monoisotopic (exact) mass is 970 g/mol. The van der Waals surface area contributed by atoms with Crippen LogP contribution >= 0.6 is 0 Å². The van der Waals surface area contributed by atoms with E-state index >= 15 is 0 Å². The first-order valence-electron chi connectivity index (χ1n) is 27.2. The van der Waals surface area contributed by atoms with E-state index in [1.54, 1.807) is 5.56 Å². The topological polar surface area (TPSA) is 22.9 Å². The van der Waals surface area contributed by atoms with Gasteiger partial charge >= 0.3 is 0 Å². The molecule has 372 valence electrons. The zero-order valence-electron chi connectivity index (χ0n) is 46.8. The van der Waals surface area contributed by atoms with Crippen LogP contribution in [0.2, 0.25) is 0 Å². The fraction of sp³-hybridized carbons (Fsp3) is 0.439. The Morgan fingerprint density at radius 3 is 1.62 bits per heavy atom. The molecule has 1 aliphatic carbocycles. The molecule has 6 heteroatoms. The zero-order valence-corrected chi connectivity index (χ0v) is 47.8. The van der Waals surface area contributed by atoms with Crippen LogP contribution in [0.3, 0.4) is 0 Å². The van der Waals surface area contributed by atoms with Crippen molar-refractivity contribution >= 4 is 88.2 Å². The van der Waals surface area contributed by atoms with Crippen LogP contribution in [0, 0.1) is 5.41 Å². The molecule has 0 amide bonds. The Balaban J connectivity index is 1.29. The van der Waals surface area contributed by atoms with Crippen molar-refractivity contribution in [2.75, 3.05) is 14.7 Å². The van der Waals surface area contributed by atoms with Crippen molar-refractivity contribution in [3.63, 3.8) is 0 Å². The molecule has 0 N–H and O–H groups in total. The number of benzene rings is 5. The Bertz CT molecular complexity index is 3290. The summed E-state index contributed by atoms with van der Waals surface area (Å²) in [6.45, 7) is 40.4. The van der Waals surface area contributed by atoms with Crippen molar-refractivity contribution in [1.82, 2.24) is 0 Å². The highest BCUT2D eigenvalue weighted by atomic mass is 28.2. The first kappa shape index (κ1) is 48.9. The van der Waals surface area contributed by atoms with Gasteiger partial charge in [0.05, 0.1) is 0 Å². The molecule has 1 saturated carbocycles.